The Bertz CT molecular complexity index is 959. The molecule has 0 bridgehead atoms. The van der Waals surface area contributed by atoms with E-state index in [2.05, 4.69) is 12.2 Å². The summed E-state index contributed by atoms with van der Waals surface area (Å²) in [6, 6.07) is 3.18. The molecule has 0 heterocycles. The normalized spacial score (nSPS) is 23.5. The molecule has 30 heavy (non-hydrogen) atoms. The highest BCUT2D eigenvalue weighted by Crippen LogP contribution is 2.49. The Hall–Kier alpha value is -1.81. The second-order valence-corrected chi connectivity index (χ2v) is 8.98. The van der Waals surface area contributed by atoms with E-state index >= 15 is 8.78 Å². The van der Waals surface area contributed by atoms with E-state index in [0.29, 0.717) is 23.8 Å². The number of hydrogen-bond donors (Lipinski definition) is 0. The Balaban J connectivity index is 1.65. The average molecular weight is 437 g/mol. The lowest BCUT2D eigenvalue weighted by molar-refractivity contribution is 0.201. The van der Waals surface area contributed by atoms with Crippen molar-refractivity contribution in [2.24, 2.45) is 11.8 Å². The molecule has 0 saturated heterocycles. The van der Waals surface area contributed by atoms with Crippen molar-refractivity contribution in [3.63, 3.8) is 0 Å². The van der Waals surface area contributed by atoms with Crippen LogP contribution in [0.3, 0.4) is 0 Å². The summed E-state index contributed by atoms with van der Waals surface area (Å²) in [7, 11) is 0. The molecule has 3 unspecified atom stereocenters. The molecular weight excluding hydrogens is 412 g/mol. The van der Waals surface area contributed by atoms with Gasteiger partial charge in [-0.1, -0.05) is 23.8 Å². The van der Waals surface area contributed by atoms with Gasteiger partial charge in [0.05, 0.1) is 5.56 Å². The Morgan fingerprint density at radius 1 is 1.00 bits per heavy atom. The number of fused-ring (bicyclic) bond motifs is 3. The number of rotatable bonds is 4. The maximum absolute atomic E-state index is 15.4. The zero-order chi connectivity index (χ0) is 21.4. The van der Waals surface area contributed by atoms with Crippen LogP contribution in [0.4, 0.5) is 17.6 Å². The minimum atomic E-state index is -1.03. The topological polar surface area (TPSA) is 0 Å². The minimum Gasteiger partial charge on any atom is -0.206 e. The number of hydrogen-bond acceptors (Lipinski definition) is 0. The van der Waals surface area contributed by atoms with Crippen LogP contribution >= 0.6 is 11.6 Å². The third-order valence-corrected chi connectivity index (χ3v) is 7.22. The second-order valence-electron chi connectivity index (χ2n) is 8.60. The van der Waals surface area contributed by atoms with Gasteiger partial charge in [0.25, 0.3) is 0 Å². The fourth-order valence-corrected chi connectivity index (χ4v) is 5.52. The van der Waals surface area contributed by atoms with Crippen molar-refractivity contribution in [3.8, 4) is 11.1 Å². The van der Waals surface area contributed by atoms with Gasteiger partial charge < -0.3 is 0 Å². The number of halogens is 5. The largest absolute Gasteiger partial charge is 0.206 e. The van der Waals surface area contributed by atoms with E-state index in [4.69, 9.17) is 11.6 Å². The van der Waals surface area contributed by atoms with Crippen LogP contribution in [0.1, 0.15) is 62.5 Å². The first-order valence-electron chi connectivity index (χ1n) is 10.7. The van der Waals surface area contributed by atoms with Crippen LogP contribution in [-0.2, 0) is 6.42 Å². The molecule has 160 valence electrons. The lowest BCUT2D eigenvalue weighted by Gasteiger charge is -2.41. The first kappa shape index (κ1) is 21.4. The van der Waals surface area contributed by atoms with E-state index in [0.717, 1.165) is 56.2 Å². The molecule has 2 aliphatic rings. The predicted molar refractivity (Wildman–Crippen MR) is 113 cm³/mol. The van der Waals surface area contributed by atoms with Gasteiger partial charge in [-0.25, -0.2) is 17.6 Å². The van der Waals surface area contributed by atoms with Gasteiger partial charge in [-0.05, 0) is 105 Å². The highest BCUT2D eigenvalue weighted by atomic mass is 35.5. The quantitative estimate of drug-likeness (QED) is 0.256. The third kappa shape index (κ3) is 3.91. The summed E-state index contributed by atoms with van der Waals surface area (Å²) in [4.78, 5) is 0. The number of benzene rings is 2. The van der Waals surface area contributed by atoms with Crippen molar-refractivity contribution < 1.29 is 17.6 Å². The van der Waals surface area contributed by atoms with E-state index in [-0.39, 0.29) is 17.0 Å². The van der Waals surface area contributed by atoms with Gasteiger partial charge >= 0.3 is 0 Å². The monoisotopic (exact) mass is 436 g/mol. The summed E-state index contributed by atoms with van der Waals surface area (Å²) >= 11 is 5.52. The van der Waals surface area contributed by atoms with Crippen LogP contribution in [0.5, 0.6) is 0 Å². The van der Waals surface area contributed by atoms with E-state index in [1.165, 1.54) is 6.07 Å². The van der Waals surface area contributed by atoms with E-state index in [9.17, 15) is 8.78 Å². The van der Waals surface area contributed by atoms with Gasteiger partial charge in [-0.2, -0.15) is 0 Å². The molecule has 5 heteroatoms. The Morgan fingerprint density at radius 3 is 2.43 bits per heavy atom. The van der Waals surface area contributed by atoms with Crippen molar-refractivity contribution in [1.82, 2.24) is 0 Å². The van der Waals surface area contributed by atoms with Crippen molar-refractivity contribution >= 4 is 11.6 Å². The molecule has 0 aromatic heterocycles. The molecule has 4 rings (SSSR count). The Labute approximate surface area is 179 Å². The molecule has 2 aromatic rings. The van der Waals surface area contributed by atoms with Gasteiger partial charge in [0.1, 0.15) is 28.3 Å². The maximum Gasteiger partial charge on any atom is 0.145 e. The van der Waals surface area contributed by atoms with E-state index < -0.39 is 28.3 Å². The molecule has 0 aliphatic heterocycles. The maximum atomic E-state index is 15.4. The van der Waals surface area contributed by atoms with Crippen molar-refractivity contribution in [3.05, 3.63) is 69.8 Å². The molecule has 0 radical (unpaired) electrons. The first-order chi connectivity index (χ1) is 14.4. The van der Waals surface area contributed by atoms with Gasteiger partial charge in [0.2, 0.25) is 0 Å². The second kappa shape index (κ2) is 8.74. The summed E-state index contributed by atoms with van der Waals surface area (Å²) in [5.74, 6) is -2.26. The van der Waals surface area contributed by atoms with E-state index in [1.807, 2.05) is 6.92 Å². The molecular formula is C25H25ClF4. The molecule has 3 atom stereocenters. The summed E-state index contributed by atoms with van der Waals surface area (Å²) in [5.41, 5.74) is 0.700. The molecule has 0 spiro atoms. The first-order valence-corrected chi connectivity index (χ1v) is 11.0. The molecule has 1 fully saturated rings. The van der Waals surface area contributed by atoms with Crippen molar-refractivity contribution in [2.75, 3.05) is 0 Å². The summed E-state index contributed by atoms with van der Waals surface area (Å²) in [5, 5.41) is -0.674. The molecule has 0 N–H and O–H groups in total. The lowest BCUT2D eigenvalue weighted by atomic mass is 9.64. The predicted octanol–water partition coefficient (Wildman–Crippen LogP) is 8.37. The standard InChI is InChI=1S/C25H25ClF4/c1-2-3-4-5-14-6-8-17-15(10-14)7-9-18-19(17)13-20(27)23(25(18)30)16-11-21(28)24(26)22(29)12-16/h2-3,11-15,17H,4-10H2,1H3/b3-2+. The molecule has 0 nitrogen and oxygen atoms in total. The van der Waals surface area contributed by atoms with Crippen molar-refractivity contribution in [1.29, 1.82) is 0 Å². The van der Waals surface area contributed by atoms with Crippen LogP contribution in [-0.4, -0.2) is 0 Å². The lowest BCUT2D eigenvalue weighted by Crippen LogP contribution is -2.29. The highest BCUT2D eigenvalue weighted by Gasteiger charge is 2.37. The SMILES string of the molecule is C/C=C/CCC1CCC2c3cc(F)c(-c4cc(F)c(Cl)c(F)c4)c(F)c3CCC2C1. The third-order valence-electron chi connectivity index (χ3n) is 6.86. The highest BCUT2D eigenvalue weighted by molar-refractivity contribution is 6.31. The molecule has 0 amide bonds. The summed E-state index contributed by atoms with van der Waals surface area (Å²) in [6.45, 7) is 2.03. The fraction of sp³-hybridized carbons (Fsp3) is 0.440. The van der Waals surface area contributed by atoms with Gasteiger partial charge in [0, 0.05) is 0 Å². The Morgan fingerprint density at radius 2 is 1.73 bits per heavy atom. The van der Waals surface area contributed by atoms with Crippen LogP contribution in [0, 0.1) is 35.1 Å². The van der Waals surface area contributed by atoms with Crippen LogP contribution in [0.2, 0.25) is 5.02 Å². The molecule has 2 aromatic carbocycles. The molecule has 2 aliphatic carbocycles. The summed E-state index contributed by atoms with van der Waals surface area (Å²) < 4.78 is 58.1. The van der Waals surface area contributed by atoms with Gasteiger partial charge in [-0.3, -0.25) is 0 Å². The van der Waals surface area contributed by atoms with Gasteiger partial charge in [0.15, 0.2) is 0 Å². The Kier molecular flexibility index (Phi) is 6.24. The average Bonchev–Trinajstić information content (AvgIpc) is 2.72. The minimum absolute atomic E-state index is 0.156. The fourth-order valence-electron chi connectivity index (χ4n) is 5.41. The van der Waals surface area contributed by atoms with E-state index in [1.54, 1.807) is 0 Å². The smallest absolute Gasteiger partial charge is 0.145 e. The zero-order valence-corrected chi connectivity index (χ0v) is 17.7. The van der Waals surface area contributed by atoms with Crippen LogP contribution in [0.25, 0.3) is 11.1 Å². The van der Waals surface area contributed by atoms with Gasteiger partial charge in [-0.15, -0.1) is 0 Å². The van der Waals surface area contributed by atoms with Crippen LogP contribution < -0.4 is 0 Å². The number of allylic oxidation sites excluding steroid dienone is 2. The van der Waals surface area contributed by atoms with Crippen molar-refractivity contribution in [2.45, 2.75) is 57.8 Å². The summed E-state index contributed by atoms with van der Waals surface area (Å²) in [6.07, 6.45) is 11.0. The zero-order valence-electron chi connectivity index (χ0n) is 17.0. The molecule has 1 saturated carbocycles. The van der Waals surface area contributed by atoms with Crippen LogP contribution in [0.15, 0.2) is 30.4 Å².